The number of benzene rings is 2. The summed E-state index contributed by atoms with van der Waals surface area (Å²) in [5, 5.41) is 0. The zero-order valence-corrected chi connectivity index (χ0v) is 10.2. The molecule has 0 aliphatic rings. The minimum absolute atomic E-state index is 0.0222. The highest BCUT2D eigenvalue weighted by Gasteiger charge is 2.07. The summed E-state index contributed by atoms with van der Waals surface area (Å²) in [4.78, 5) is 22.7. The molecule has 94 valence electrons. The monoisotopic (exact) mass is 251 g/mol. The summed E-state index contributed by atoms with van der Waals surface area (Å²) in [6, 6.07) is 16.1. The highest BCUT2D eigenvalue weighted by atomic mass is 16.1. The van der Waals surface area contributed by atoms with E-state index in [1.54, 1.807) is 42.5 Å². The molecule has 19 heavy (non-hydrogen) atoms. The largest absolute Gasteiger partial charge is 0.366 e. The first kappa shape index (κ1) is 12.8. The average molecular weight is 251 g/mol. The quantitative estimate of drug-likeness (QED) is 0.670. The Bertz CT molecular complexity index is 613. The van der Waals surface area contributed by atoms with Crippen molar-refractivity contribution in [1.29, 1.82) is 0 Å². The molecular formula is C16H13NO2. The lowest BCUT2D eigenvalue weighted by Gasteiger charge is -2.01. The molecule has 2 rings (SSSR count). The van der Waals surface area contributed by atoms with Crippen molar-refractivity contribution >= 4 is 17.8 Å². The third-order valence-electron chi connectivity index (χ3n) is 2.65. The Morgan fingerprint density at radius 1 is 0.842 bits per heavy atom. The van der Waals surface area contributed by atoms with Gasteiger partial charge in [0.05, 0.1) is 0 Å². The first-order chi connectivity index (χ1) is 9.16. The van der Waals surface area contributed by atoms with Gasteiger partial charge in [0.15, 0.2) is 5.78 Å². The summed E-state index contributed by atoms with van der Waals surface area (Å²) < 4.78 is 0. The van der Waals surface area contributed by atoms with Gasteiger partial charge < -0.3 is 5.73 Å². The normalized spacial score (nSPS) is 10.5. The van der Waals surface area contributed by atoms with Gasteiger partial charge >= 0.3 is 0 Å². The Hall–Kier alpha value is -2.68. The highest BCUT2D eigenvalue weighted by Crippen LogP contribution is 2.11. The van der Waals surface area contributed by atoms with Crippen molar-refractivity contribution in [2.24, 2.45) is 5.73 Å². The number of carbonyl (C=O) groups excluding carboxylic acids is 2. The van der Waals surface area contributed by atoms with E-state index in [2.05, 4.69) is 0 Å². The third kappa shape index (κ3) is 3.39. The number of primary amides is 1. The number of carbonyl (C=O) groups is 2. The molecule has 0 fully saturated rings. The molecule has 0 bridgehead atoms. The molecule has 0 saturated carbocycles. The van der Waals surface area contributed by atoms with Gasteiger partial charge in [-0.25, -0.2) is 0 Å². The van der Waals surface area contributed by atoms with Crippen molar-refractivity contribution in [1.82, 2.24) is 0 Å². The second kappa shape index (κ2) is 5.78. The van der Waals surface area contributed by atoms with Crippen LogP contribution in [0.5, 0.6) is 0 Å². The third-order valence-corrected chi connectivity index (χ3v) is 2.65. The molecule has 2 aromatic carbocycles. The van der Waals surface area contributed by atoms with Crippen LogP contribution in [0, 0.1) is 0 Å². The predicted octanol–water partition coefficient (Wildman–Crippen LogP) is 2.42. The lowest BCUT2D eigenvalue weighted by atomic mass is 10.0. The van der Waals surface area contributed by atoms with Gasteiger partial charge in [0, 0.05) is 17.2 Å². The topological polar surface area (TPSA) is 60.2 Å². The van der Waals surface area contributed by atoms with E-state index in [1.807, 2.05) is 18.2 Å². The van der Waals surface area contributed by atoms with Crippen LogP contribution in [0.25, 0.3) is 6.08 Å². The van der Waals surface area contributed by atoms with Crippen molar-refractivity contribution in [3.8, 4) is 0 Å². The first-order valence-corrected chi connectivity index (χ1v) is 5.84. The van der Waals surface area contributed by atoms with E-state index in [0.29, 0.717) is 11.1 Å². The second-order valence-corrected chi connectivity index (χ2v) is 4.05. The van der Waals surface area contributed by atoms with Crippen LogP contribution in [0.2, 0.25) is 0 Å². The number of hydrogen-bond donors (Lipinski definition) is 1. The van der Waals surface area contributed by atoms with Gasteiger partial charge in [-0.3, -0.25) is 9.59 Å². The molecule has 0 unspecified atom stereocenters. The van der Waals surface area contributed by atoms with E-state index < -0.39 is 5.91 Å². The number of ketones is 1. The molecule has 0 aromatic heterocycles. The fourth-order valence-electron chi connectivity index (χ4n) is 1.68. The van der Waals surface area contributed by atoms with E-state index in [-0.39, 0.29) is 5.78 Å². The fourth-order valence-corrected chi connectivity index (χ4v) is 1.68. The van der Waals surface area contributed by atoms with Gasteiger partial charge in [0.25, 0.3) is 0 Å². The molecule has 3 nitrogen and oxygen atoms in total. The minimum atomic E-state index is -0.496. The average Bonchev–Trinajstić information content (AvgIpc) is 2.46. The Labute approximate surface area is 111 Å². The molecular weight excluding hydrogens is 238 g/mol. The fraction of sp³-hybridized carbons (Fsp3) is 0. The number of nitrogens with two attached hydrogens (primary N) is 1. The van der Waals surface area contributed by atoms with Crippen molar-refractivity contribution in [3.63, 3.8) is 0 Å². The number of hydrogen-bond acceptors (Lipinski definition) is 2. The van der Waals surface area contributed by atoms with Crippen LogP contribution in [0.3, 0.4) is 0 Å². The Balaban J connectivity index is 2.19. The van der Waals surface area contributed by atoms with Crippen LogP contribution in [-0.4, -0.2) is 11.7 Å². The van der Waals surface area contributed by atoms with Crippen LogP contribution in [0.4, 0.5) is 0 Å². The maximum absolute atomic E-state index is 12.1. The van der Waals surface area contributed by atoms with Gasteiger partial charge in [0.2, 0.25) is 5.91 Å². The van der Waals surface area contributed by atoms with Crippen LogP contribution >= 0.6 is 0 Å². The number of rotatable bonds is 4. The summed E-state index contributed by atoms with van der Waals surface area (Å²) in [6.07, 6.45) is 2.90. The molecule has 2 N–H and O–H groups in total. The van der Waals surface area contributed by atoms with Gasteiger partial charge in [0.1, 0.15) is 0 Å². The van der Waals surface area contributed by atoms with Crippen molar-refractivity contribution in [2.75, 3.05) is 0 Å². The van der Waals surface area contributed by atoms with Crippen LogP contribution in [0.15, 0.2) is 60.7 Å². The lowest BCUT2D eigenvalue weighted by molar-refractivity contribution is -0.113. The van der Waals surface area contributed by atoms with Crippen LogP contribution < -0.4 is 5.73 Å². The van der Waals surface area contributed by atoms with Crippen molar-refractivity contribution in [2.45, 2.75) is 0 Å². The van der Waals surface area contributed by atoms with E-state index in [4.69, 9.17) is 5.73 Å². The van der Waals surface area contributed by atoms with Crippen molar-refractivity contribution < 1.29 is 9.59 Å². The minimum Gasteiger partial charge on any atom is -0.366 e. The summed E-state index contributed by atoms with van der Waals surface area (Å²) >= 11 is 0. The zero-order chi connectivity index (χ0) is 13.7. The van der Waals surface area contributed by atoms with Crippen LogP contribution in [-0.2, 0) is 4.79 Å². The lowest BCUT2D eigenvalue weighted by Crippen LogP contribution is -2.05. The summed E-state index contributed by atoms with van der Waals surface area (Å²) in [7, 11) is 0. The molecule has 0 heterocycles. The summed E-state index contributed by atoms with van der Waals surface area (Å²) in [6.45, 7) is 0. The second-order valence-electron chi connectivity index (χ2n) is 4.05. The Morgan fingerprint density at radius 3 is 2.00 bits per heavy atom. The zero-order valence-electron chi connectivity index (χ0n) is 10.2. The summed E-state index contributed by atoms with van der Waals surface area (Å²) in [5.74, 6) is -0.518. The Morgan fingerprint density at radius 2 is 1.42 bits per heavy atom. The maximum Gasteiger partial charge on any atom is 0.241 e. The molecule has 1 amide bonds. The standard InChI is InChI=1S/C16H13NO2/c17-15(18)11-8-12-6-9-14(10-7-12)16(19)13-4-2-1-3-5-13/h1-11H,(H2,17,18). The molecule has 0 saturated heterocycles. The van der Waals surface area contributed by atoms with E-state index in [9.17, 15) is 9.59 Å². The van der Waals surface area contributed by atoms with Gasteiger partial charge in [-0.2, -0.15) is 0 Å². The highest BCUT2D eigenvalue weighted by molar-refractivity contribution is 6.09. The maximum atomic E-state index is 12.1. The van der Waals surface area contributed by atoms with E-state index >= 15 is 0 Å². The van der Waals surface area contributed by atoms with Crippen LogP contribution in [0.1, 0.15) is 21.5 Å². The molecule has 3 heteroatoms. The van der Waals surface area contributed by atoms with Crippen molar-refractivity contribution in [3.05, 3.63) is 77.4 Å². The molecule has 0 aliphatic carbocycles. The molecule has 2 aromatic rings. The SMILES string of the molecule is NC(=O)C=Cc1ccc(C(=O)c2ccccc2)cc1. The molecule has 0 radical (unpaired) electrons. The van der Waals surface area contributed by atoms with Gasteiger partial charge in [-0.1, -0.05) is 54.6 Å². The first-order valence-electron chi connectivity index (χ1n) is 5.84. The smallest absolute Gasteiger partial charge is 0.241 e. The molecule has 0 spiro atoms. The molecule has 0 aliphatic heterocycles. The van der Waals surface area contributed by atoms with E-state index in [1.165, 1.54) is 6.08 Å². The van der Waals surface area contributed by atoms with Gasteiger partial charge in [-0.05, 0) is 11.6 Å². The summed E-state index contributed by atoms with van der Waals surface area (Å²) in [5.41, 5.74) is 7.11. The predicted molar refractivity (Wildman–Crippen MR) is 74.5 cm³/mol. The Kier molecular flexibility index (Phi) is 3.88. The van der Waals surface area contributed by atoms with Gasteiger partial charge in [-0.15, -0.1) is 0 Å². The number of amides is 1. The molecule has 0 atom stereocenters. The van der Waals surface area contributed by atoms with E-state index in [0.717, 1.165) is 5.56 Å².